The SMILES string of the molecule is CC(C)(C)NCCCCCOCc1cccc(Cl)c1. The molecule has 108 valence electrons. The Morgan fingerprint density at radius 3 is 2.63 bits per heavy atom. The number of unbranched alkanes of at least 4 members (excludes halogenated alkanes) is 2. The normalized spacial score (nSPS) is 11.8. The van der Waals surface area contributed by atoms with E-state index < -0.39 is 0 Å². The van der Waals surface area contributed by atoms with Crippen molar-refractivity contribution in [1.29, 1.82) is 0 Å². The molecule has 1 N–H and O–H groups in total. The summed E-state index contributed by atoms with van der Waals surface area (Å²) in [6, 6.07) is 7.83. The molecule has 0 heterocycles. The predicted octanol–water partition coefficient (Wildman–Crippen LogP) is 4.42. The quantitative estimate of drug-likeness (QED) is 0.713. The van der Waals surface area contributed by atoms with Crippen LogP contribution in [0.3, 0.4) is 0 Å². The molecule has 19 heavy (non-hydrogen) atoms. The number of hydrogen-bond acceptors (Lipinski definition) is 2. The Hall–Kier alpha value is -0.570. The maximum absolute atomic E-state index is 5.92. The average Bonchev–Trinajstić information content (AvgIpc) is 2.31. The zero-order valence-electron chi connectivity index (χ0n) is 12.3. The summed E-state index contributed by atoms with van der Waals surface area (Å²) < 4.78 is 5.64. The van der Waals surface area contributed by atoms with Gasteiger partial charge in [-0.25, -0.2) is 0 Å². The van der Waals surface area contributed by atoms with Crippen molar-refractivity contribution in [3.05, 3.63) is 34.9 Å². The van der Waals surface area contributed by atoms with Crippen LogP contribution in [0.15, 0.2) is 24.3 Å². The van der Waals surface area contributed by atoms with Gasteiger partial charge in [-0.1, -0.05) is 23.7 Å². The van der Waals surface area contributed by atoms with Crippen molar-refractivity contribution in [2.24, 2.45) is 0 Å². The summed E-state index contributed by atoms with van der Waals surface area (Å²) in [6.07, 6.45) is 3.53. The minimum atomic E-state index is 0.225. The number of nitrogens with one attached hydrogen (secondary N) is 1. The van der Waals surface area contributed by atoms with Crippen LogP contribution in [-0.4, -0.2) is 18.7 Å². The molecule has 3 heteroatoms. The summed E-state index contributed by atoms with van der Waals surface area (Å²) >= 11 is 5.92. The van der Waals surface area contributed by atoms with E-state index >= 15 is 0 Å². The standard InChI is InChI=1S/C16H26ClNO/c1-16(2,3)18-10-5-4-6-11-19-13-14-8-7-9-15(17)12-14/h7-9,12,18H,4-6,10-11,13H2,1-3H3. The number of ether oxygens (including phenoxy) is 1. The second-order valence-electron chi connectivity index (χ2n) is 5.92. The molecule has 0 saturated carbocycles. The highest BCUT2D eigenvalue weighted by molar-refractivity contribution is 6.30. The molecule has 0 aliphatic heterocycles. The van der Waals surface area contributed by atoms with Crippen LogP contribution in [0.5, 0.6) is 0 Å². The zero-order valence-corrected chi connectivity index (χ0v) is 13.1. The number of benzene rings is 1. The summed E-state index contributed by atoms with van der Waals surface area (Å²) in [5.74, 6) is 0. The summed E-state index contributed by atoms with van der Waals surface area (Å²) in [4.78, 5) is 0. The van der Waals surface area contributed by atoms with E-state index in [9.17, 15) is 0 Å². The molecule has 0 saturated heterocycles. The Labute approximate surface area is 122 Å². The molecule has 0 unspecified atom stereocenters. The lowest BCUT2D eigenvalue weighted by atomic mass is 10.1. The molecule has 0 fully saturated rings. The van der Waals surface area contributed by atoms with E-state index in [1.54, 1.807) is 0 Å². The fraction of sp³-hybridized carbons (Fsp3) is 0.625. The Bertz CT molecular complexity index is 360. The van der Waals surface area contributed by atoms with Crippen LogP contribution in [0.2, 0.25) is 5.02 Å². The van der Waals surface area contributed by atoms with E-state index in [4.69, 9.17) is 16.3 Å². The lowest BCUT2D eigenvalue weighted by Gasteiger charge is -2.20. The summed E-state index contributed by atoms with van der Waals surface area (Å²) in [7, 11) is 0. The van der Waals surface area contributed by atoms with Crippen molar-refractivity contribution in [3.8, 4) is 0 Å². The smallest absolute Gasteiger partial charge is 0.0717 e. The molecule has 0 aliphatic carbocycles. The maximum Gasteiger partial charge on any atom is 0.0717 e. The van der Waals surface area contributed by atoms with Crippen molar-refractivity contribution in [2.45, 2.75) is 52.2 Å². The molecule has 0 aromatic heterocycles. The van der Waals surface area contributed by atoms with E-state index in [1.807, 2.05) is 24.3 Å². The zero-order chi connectivity index (χ0) is 14.1. The summed E-state index contributed by atoms with van der Waals surface area (Å²) in [5.41, 5.74) is 1.37. The first kappa shape index (κ1) is 16.5. The predicted molar refractivity (Wildman–Crippen MR) is 82.7 cm³/mol. The van der Waals surface area contributed by atoms with Crippen LogP contribution >= 0.6 is 11.6 Å². The van der Waals surface area contributed by atoms with Crippen molar-refractivity contribution in [1.82, 2.24) is 5.32 Å². The minimum absolute atomic E-state index is 0.225. The molecular formula is C16H26ClNO. The van der Waals surface area contributed by atoms with Gasteiger partial charge in [-0.3, -0.25) is 0 Å². The van der Waals surface area contributed by atoms with Crippen molar-refractivity contribution in [3.63, 3.8) is 0 Å². The van der Waals surface area contributed by atoms with Crippen LogP contribution < -0.4 is 5.32 Å². The minimum Gasteiger partial charge on any atom is -0.377 e. The van der Waals surface area contributed by atoms with Gasteiger partial charge in [-0.05, 0) is 64.3 Å². The average molecular weight is 284 g/mol. The maximum atomic E-state index is 5.92. The van der Waals surface area contributed by atoms with Crippen LogP contribution in [0.1, 0.15) is 45.6 Å². The van der Waals surface area contributed by atoms with Gasteiger partial charge >= 0.3 is 0 Å². The van der Waals surface area contributed by atoms with E-state index in [0.717, 1.165) is 30.2 Å². The molecule has 0 spiro atoms. The lowest BCUT2D eigenvalue weighted by molar-refractivity contribution is 0.116. The van der Waals surface area contributed by atoms with Gasteiger partial charge in [0.1, 0.15) is 0 Å². The van der Waals surface area contributed by atoms with E-state index in [1.165, 1.54) is 12.8 Å². The summed E-state index contributed by atoms with van der Waals surface area (Å²) in [5, 5.41) is 4.26. The molecule has 0 bridgehead atoms. The molecule has 1 aromatic rings. The van der Waals surface area contributed by atoms with Crippen LogP contribution in [0.25, 0.3) is 0 Å². The van der Waals surface area contributed by atoms with E-state index in [-0.39, 0.29) is 5.54 Å². The highest BCUT2D eigenvalue weighted by Gasteiger charge is 2.06. The first-order valence-corrected chi connectivity index (χ1v) is 7.42. The molecular weight excluding hydrogens is 258 g/mol. The highest BCUT2D eigenvalue weighted by Crippen LogP contribution is 2.11. The van der Waals surface area contributed by atoms with Gasteiger partial charge in [-0.2, -0.15) is 0 Å². The fourth-order valence-electron chi connectivity index (χ4n) is 1.79. The van der Waals surface area contributed by atoms with Gasteiger partial charge in [0.2, 0.25) is 0 Å². The number of hydrogen-bond donors (Lipinski definition) is 1. The second kappa shape index (κ2) is 8.57. The molecule has 0 atom stereocenters. The fourth-order valence-corrected chi connectivity index (χ4v) is 2.00. The number of rotatable bonds is 8. The second-order valence-corrected chi connectivity index (χ2v) is 6.36. The van der Waals surface area contributed by atoms with Gasteiger partial charge in [-0.15, -0.1) is 0 Å². The van der Waals surface area contributed by atoms with Gasteiger partial charge in [0.25, 0.3) is 0 Å². The molecule has 2 nitrogen and oxygen atoms in total. The third-order valence-electron chi connectivity index (χ3n) is 2.78. The molecule has 0 radical (unpaired) electrons. The largest absolute Gasteiger partial charge is 0.377 e. The van der Waals surface area contributed by atoms with Crippen molar-refractivity contribution in [2.75, 3.05) is 13.2 Å². The first-order valence-electron chi connectivity index (χ1n) is 7.04. The number of halogens is 1. The van der Waals surface area contributed by atoms with Gasteiger partial charge < -0.3 is 10.1 Å². The van der Waals surface area contributed by atoms with Crippen LogP contribution in [0, 0.1) is 0 Å². The molecule has 1 aromatic carbocycles. The topological polar surface area (TPSA) is 21.3 Å². The van der Waals surface area contributed by atoms with Gasteiger partial charge in [0.05, 0.1) is 6.61 Å². The Morgan fingerprint density at radius 1 is 1.16 bits per heavy atom. The lowest BCUT2D eigenvalue weighted by Crippen LogP contribution is -2.36. The van der Waals surface area contributed by atoms with Crippen LogP contribution in [-0.2, 0) is 11.3 Å². The highest BCUT2D eigenvalue weighted by atomic mass is 35.5. The van der Waals surface area contributed by atoms with Crippen LogP contribution in [0.4, 0.5) is 0 Å². The molecule has 0 amide bonds. The van der Waals surface area contributed by atoms with Crippen molar-refractivity contribution >= 4 is 11.6 Å². The van der Waals surface area contributed by atoms with Gasteiger partial charge in [0, 0.05) is 17.2 Å². The Kier molecular flexibility index (Phi) is 7.44. The molecule has 1 rings (SSSR count). The van der Waals surface area contributed by atoms with Crippen molar-refractivity contribution < 1.29 is 4.74 Å². The Balaban J connectivity index is 1.97. The van der Waals surface area contributed by atoms with Gasteiger partial charge in [0.15, 0.2) is 0 Å². The third kappa shape index (κ3) is 9.04. The summed E-state index contributed by atoms with van der Waals surface area (Å²) in [6.45, 7) is 9.14. The Morgan fingerprint density at radius 2 is 1.95 bits per heavy atom. The third-order valence-corrected chi connectivity index (χ3v) is 3.01. The molecule has 0 aliphatic rings. The van der Waals surface area contributed by atoms with E-state index in [2.05, 4.69) is 26.1 Å². The van der Waals surface area contributed by atoms with E-state index in [0.29, 0.717) is 6.61 Å². The monoisotopic (exact) mass is 283 g/mol. The first-order chi connectivity index (χ1) is 8.97.